The molecule has 2 rings (SSSR count). The fraction of sp³-hybridized carbons (Fsp3) is 0.667. The van der Waals surface area contributed by atoms with E-state index in [1.807, 2.05) is 27.8 Å². The Hall–Kier alpha value is -1.89. The van der Waals surface area contributed by atoms with Gasteiger partial charge in [0, 0.05) is 33.2 Å². The van der Waals surface area contributed by atoms with Gasteiger partial charge in [0.2, 0.25) is 0 Å². The summed E-state index contributed by atoms with van der Waals surface area (Å²) >= 11 is 0. The minimum Gasteiger partial charge on any atom is -0.444 e. The molecule has 0 aromatic carbocycles. The molecule has 1 aliphatic heterocycles. The van der Waals surface area contributed by atoms with Crippen LogP contribution in [0.2, 0.25) is 0 Å². The molecule has 1 aliphatic rings. The molecule has 7 heteroatoms. The molecule has 1 aromatic rings. The first-order valence-corrected chi connectivity index (χ1v) is 7.55. The molecular formula is C15H25N5O2. The molecule has 1 N–H and O–H groups in total. The number of carbonyl (C=O) groups excluding carboxylic acids is 1. The van der Waals surface area contributed by atoms with Gasteiger partial charge in [-0.3, -0.25) is 4.68 Å². The van der Waals surface area contributed by atoms with Crippen molar-refractivity contribution in [1.82, 2.24) is 25.2 Å². The lowest BCUT2D eigenvalue weighted by Gasteiger charge is -2.29. The van der Waals surface area contributed by atoms with Gasteiger partial charge in [0.25, 0.3) is 0 Å². The first-order valence-electron chi connectivity index (χ1n) is 7.55. The summed E-state index contributed by atoms with van der Waals surface area (Å²) in [6, 6.07) is 0. The summed E-state index contributed by atoms with van der Waals surface area (Å²) in [5.41, 5.74) is 1.92. The molecule has 0 unspecified atom stereocenters. The van der Waals surface area contributed by atoms with Gasteiger partial charge in [-0.15, -0.1) is 5.10 Å². The molecule has 0 bridgehead atoms. The number of hydrogen-bond acceptors (Lipinski definition) is 5. The molecule has 0 spiro atoms. The van der Waals surface area contributed by atoms with Crippen molar-refractivity contribution in [3.63, 3.8) is 0 Å². The summed E-state index contributed by atoms with van der Waals surface area (Å²) in [5, 5.41) is 11.1. The van der Waals surface area contributed by atoms with Crippen LogP contribution in [0, 0.1) is 0 Å². The number of aromatic nitrogens is 3. The van der Waals surface area contributed by atoms with Gasteiger partial charge < -0.3 is 15.0 Å². The van der Waals surface area contributed by atoms with E-state index in [4.69, 9.17) is 4.74 Å². The second kappa shape index (κ2) is 6.91. The van der Waals surface area contributed by atoms with Gasteiger partial charge in [-0.2, -0.15) is 0 Å². The third-order valence-electron chi connectivity index (χ3n) is 3.42. The van der Waals surface area contributed by atoms with E-state index in [0.29, 0.717) is 13.1 Å². The van der Waals surface area contributed by atoms with E-state index in [-0.39, 0.29) is 6.09 Å². The maximum atomic E-state index is 12.0. The normalized spacial score (nSPS) is 15.6. The molecule has 122 valence electrons. The van der Waals surface area contributed by atoms with E-state index < -0.39 is 5.60 Å². The smallest absolute Gasteiger partial charge is 0.410 e. The minimum atomic E-state index is -0.445. The fourth-order valence-corrected chi connectivity index (χ4v) is 2.19. The van der Waals surface area contributed by atoms with Crippen molar-refractivity contribution in [3.8, 4) is 0 Å². The van der Waals surface area contributed by atoms with Crippen molar-refractivity contribution < 1.29 is 9.53 Å². The summed E-state index contributed by atoms with van der Waals surface area (Å²) in [5.74, 6) is 0. The Labute approximate surface area is 131 Å². The number of nitrogens with zero attached hydrogens (tertiary/aromatic N) is 4. The molecule has 0 atom stereocenters. The maximum absolute atomic E-state index is 12.0. The molecule has 0 saturated heterocycles. The predicted molar refractivity (Wildman–Crippen MR) is 83.2 cm³/mol. The average Bonchev–Trinajstić information content (AvgIpc) is 2.83. The van der Waals surface area contributed by atoms with Crippen LogP contribution in [-0.4, -0.2) is 51.2 Å². The van der Waals surface area contributed by atoms with Gasteiger partial charge >= 0.3 is 6.09 Å². The van der Waals surface area contributed by atoms with Crippen LogP contribution in [-0.2, 0) is 18.3 Å². The quantitative estimate of drug-likeness (QED) is 0.853. The Kier molecular flexibility index (Phi) is 5.18. The van der Waals surface area contributed by atoms with Gasteiger partial charge in [-0.1, -0.05) is 16.9 Å². The first kappa shape index (κ1) is 16.5. The van der Waals surface area contributed by atoms with Crippen molar-refractivity contribution in [2.24, 2.45) is 7.05 Å². The Morgan fingerprint density at radius 2 is 2.18 bits per heavy atom. The van der Waals surface area contributed by atoms with Crippen LogP contribution in [0.1, 0.15) is 32.9 Å². The zero-order chi connectivity index (χ0) is 16.2. The van der Waals surface area contributed by atoms with Crippen molar-refractivity contribution in [1.29, 1.82) is 0 Å². The summed E-state index contributed by atoms with van der Waals surface area (Å²) in [4.78, 5) is 13.7. The van der Waals surface area contributed by atoms with Crippen LogP contribution >= 0.6 is 0 Å². The average molecular weight is 307 g/mol. The van der Waals surface area contributed by atoms with Crippen LogP contribution in [0.25, 0.3) is 0 Å². The molecule has 2 heterocycles. The molecule has 0 saturated carbocycles. The molecule has 22 heavy (non-hydrogen) atoms. The number of hydrogen-bond donors (Lipinski definition) is 1. The number of nitrogens with one attached hydrogen (secondary N) is 1. The zero-order valence-corrected chi connectivity index (χ0v) is 13.8. The van der Waals surface area contributed by atoms with Crippen LogP contribution in [0.5, 0.6) is 0 Å². The highest BCUT2D eigenvalue weighted by atomic mass is 16.6. The van der Waals surface area contributed by atoms with Crippen LogP contribution in [0.4, 0.5) is 4.79 Å². The summed E-state index contributed by atoms with van der Waals surface area (Å²) in [6.07, 6.45) is 4.49. The van der Waals surface area contributed by atoms with Crippen molar-refractivity contribution in [2.75, 3.05) is 19.6 Å². The summed E-state index contributed by atoms with van der Waals surface area (Å²) in [6.45, 7) is 8.51. The predicted octanol–water partition coefficient (Wildman–Crippen LogP) is 1.47. The molecule has 1 amide bonds. The van der Waals surface area contributed by atoms with Crippen molar-refractivity contribution in [2.45, 2.75) is 39.3 Å². The standard InChI is InChI=1S/C15H25N5O2/c1-15(2,3)22-14(21)20-7-5-12(6-8-20)9-16-10-13-11-17-18-19(13)4/h5,11,16H,6-10H2,1-4H3. The van der Waals surface area contributed by atoms with E-state index in [9.17, 15) is 4.79 Å². The third-order valence-corrected chi connectivity index (χ3v) is 3.42. The Morgan fingerprint density at radius 1 is 1.41 bits per heavy atom. The minimum absolute atomic E-state index is 0.239. The van der Waals surface area contributed by atoms with Crippen molar-refractivity contribution >= 4 is 6.09 Å². The van der Waals surface area contributed by atoms with E-state index in [0.717, 1.165) is 25.2 Å². The number of aryl methyl sites for hydroxylation is 1. The highest BCUT2D eigenvalue weighted by Gasteiger charge is 2.23. The van der Waals surface area contributed by atoms with Gasteiger partial charge in [-0.05, 0) is 27.2 Å². The number of amides is 1. The largest absolute Gasteiger partial charge is 0.444 e. The van der Waals surface area contributed by atoms with Crippen LogP contribution in [0.15, 0.2) is 17.8 Å². The lowest BCUT2D eigenvalue weighted by Crippen LogP contribution is -2.39. The highest BCUT2D eigenvalue weighted by Crippen LogP contribution is 2.15. The lowest BCUT2D eigenvalue weighted by molar-refractivity contribution is 0.0265. The molecule has 1 aromatic heterocycles. The number of carbonyl (C=O) groups is 1. The zero-order valence-electron chi connectivity index (χ0n) is 13.8. The van der Waals surface area contributed by atoms with E-state index >= 15 is 0 Å². The fourth-order valence-electron chi connectivity index (χ4n) is 2.19. The van der Waals surface area contributed by atoms with Crippen LogP contribution < -0.4 is 5.32 Å². The number of rotatable bonds is 4. The monoisotopic (exact) mass is 307 g/mol. The van der Waals surface area contributed by atoms with Gasteiger partial charge in [-0.25, -0.2) is 4.79 Å². The molecular weight excluding hydrogens is 282 g/mol. The van der Waals surface area contributed by atoms with E-state index in [1.165, 1.54) is 5.57 Å². The second-order valence-electron chi connectivity index (χ2n) is 6.49. The van der Waals surface area contributed by atoms with Crippen molar-refractivity contribution in [3.05, 3.63) is 23.5 Å². The molecule has 0 radical (unpaired) electrons. The van der Waals surface area contributed by atoms with E-state index in [2.05, 4.69) is 21.7 Å². The van der Waals surface area contributed by atoms with Gasteiger partial charge in [0.05, 0.1) is 11.9 Å². The highest BCUT2D eigenvalue weighted by molar-refractivity contribution is 5.68. The molecule has 0 fully saturated rings. The van der Waals surface area contributed by atoms with Gasteiger partial charge in [0.1, 0.15) is 5.60 Å². The second-order valence-corrected chi connectivity index (χ2v) is 6.49. The Morgan fingerprint density at radius 3 is 2.73 bits per heavy atom. The summed E-state index contributed by atoms with van der Waals surface area (Å²) in [7, 11) is 1.88. The van der Waals surface area contributed by atoms with Crippen LogP contribution in [0.3, 0.4) is 0 Å². The van der Waals surface area contributed by atoms with Gasteiger partial charge in [0.15, 0.2) is 0 Å². The Bertz CT molecular complexity index is 544. The maximum Gasteiger partial charge on any atom is 0.410 e. The lowest BCUT2D eigenvalue weighted by atomic mass is 10.1. The first-order chi connectivity index (χ1) is 10.3. The Balaban J connectivity index is 1.75. The summed E-state index contributed by atoms with van der Waals surface area (Å²) < 4.78 is 7.14. The SMILES string of the molecule is Cn1nncc1CNCC1=CCN(C(=O)OC(C)(C)C)CC1. The third kappa shape index (κ3) is 4.84. The van der Waals surface area contributed by atoms with E-state index in [1.54, 1.807) is 15.8 Å². The molecule has 7 nitrogen and oxygen atoms in total. The number of ether oxygens (including phenoxy) is 1. The molecule has 0 aliphatic carbocycles. The topological polar surface area (TPSA) is 72.3 Å².